The van der Waals surface area contributed by atoms with Crippen LogP contribution in [-0.4, -0.2) is 22.5 Å². The van der Waals surface area contributed by atoms with Crippen LogP contribution in [0.5, 0.6) is 0 Å². The molecule has 1 aromatic heterocycles. The standard InChI is InChI=1S/C13H15NO3S/c1-13(7-2-8-13)14-12(17)10-5-3-9(18-10)4-6-11(15)16/h3-6H,2,7-8H2,1H3,(H,14,17)(H,15,16)/b6-4+. The highest BCUT2D eigenvalue weighted by Crippen LogP contribution is 2.31. The number of hydrogen-bond donors (Lipinski definition) is 2. The molecule has 1 amide bonds. The summed E-state index contributed by atoms with van der Waals surface area (Å²) in [5, 5.41) is 11.5. The van der Waals surface area contributed by atoms with Crippen molar-refractivity contribution in [3.63, 3.8) is 0 Å². The number of carboxylic acids is 1. The molecule has 1 aliphatic rings. The van der Waals surface area contributed by atoms with Crippen LogP contribution in [0.1, 0.15) is 40.7 Å². The molecule has 1 aliphatic carbocycles. The Morgan fingerprint density at radius 1 is 1.44 bits per heavy atom. The molecule has 0 saturated heterocycles. The molecular formula is C13H15NO3S. The number of nitrogens with one attached hydrogen (secondary N) is 1. The molecule has 0 radical (unpaired) electrons. The third-order valence-corrected chi connectivity index (χ3v) is 4.16. The Morgan fingerprint density at radius 3 is 2.72 bits per heavy atom. The first kappa shape index (κ1) is 12.8. The average molecular weight is 265 g/mol. The van der Waals surface area contributed by atoms with Gasteiger partial charge in [-0.2, -0.15) is 0 Å². The lowest BCUT2D eigenvalue weighted by molar-refractivity contribution is -0.131. The molecule has 0 unspecified atom stereocenters. The van der Waals surface area contributed by atoms with Gasteiger partial charge in [0.05, 0.1) is 4.88 Å². The van der Waals surface area contributed by atoms with E-state index in [1.54, 1.807) is 12.1 Å². The Balaban J connectivity index is 2.01. The van der Waals surface area contributed by atoms with Gasteiger partial charge >= 0.3 is 5.97 Å². The quantitative estimate of drug-likeness (QED) is 0.822. The Bertz CT molecular complexity index is 500. The number of aliphatic carboxylic acids is 1. The van der Waals surface area contributed by atoms with Gasteiger partial charge in [0, 0.05) is 16.5 Å². The second-order valence-electron chi connectivity index (χ2n) is 4.74. The maximum Gasteiger partial charge on any atom is 0.328 e. The lowest BCUT2D eigenvalue weighted by Crippen LogP contribution is -2.50. The lowest BCUT2D eigenvalue weighted by atomic mass is 9.78. The van der Waals surface area contributed by atoms with E-state index in [4.69, 9.17) is 5.11 Å². The monoisotopic (exact) mass is 265 g/mol. The van der Waals surface area contributed by atoms with Gasteiger partial charge in [0.25, 0.3) is 5.91 Å². The van der Waals surface area contributed by atoms with Crippen LogP contribution in [-0.2, 0) is 4.79 Å². The molecule has 2 N–H and O–H groups in total. The summed E-state index contributed by atoms with van der Waals surface area (Å²) < 4.78 is 0. The zero-order valence-corrected chi connectivity index (χ0v) is 10.9. The van der Waals surface area contributed by atoms with Crippen LogP contribution in [0.4, 0.5) is 0 Å². The molecule has 2 rings (SSSR count). The molecule has 18 heavy (non-hydrogen) atoms. The van der Waals surface area contributed by atoms with Crippen molar-refractivity contribution in [3.05, 3.63) is 28.0 Å². The Morgan fingerprint density at radius 2 is 2.17 bits per heavy atom. The number of amides is 1. The van der Waals surface area contributed by atoms with Crippen LogP contribution >= 0.6 is 11.3 Å². The molecule has 1 heterocycles. The molecule has 0 bridgehead atoms. The van der Waals surface area contributed by atoms with E-state index in [1.165, 1.54) is 17.4 Å². The first-order chi connectivity index (χ1) is 8.48. The van der Waals surface area contributed by atoms with Crippen LogP contribution in [0.2, 0.25) is 0 Å². The van der Waals surface area contributed by atoms with E-state index in [-0.39, 0.29) is 11.4 Å². The van der Waals surface area contributed by atoms with Gasteiger partial charge in [-0.05, 0) is 44.4 Å². The van der Waals surface area contributed by atoms with Gasteiger partial charge in [0.2, 0.25) is 0 Å². The molecule has 0 aliphatic heterocycles. The van der Waals surface area contributed by atoms with E-state index in [0.29, 0.717) is 4.88 Å². The molecule has 4 nitrogen and oxygen atoms in total. The summed E-state index contributed by atoms with van der Waals surface area (Å²) in [6.45, 7) is 2.05. The first-order valence-electron chi connectivity index (χ1n) is 5.82. The Hall–Kier alpha value is -1.62. The highest BCUT2D eigenvalue weighted by Gasteiger charge is 2.33. The van der Waals surface area contributed by atoms with Crippen LogP contribution in [0, 0.1) is 0 Å². The van der Waals surface area contributed by atoms with E-state index in [1.807, 2.05) is 6.92 Å². The first-order valence-corrected chi connectivity index (χ1v) is 6.64. The highest BCUT2D eigenvalue weighted by molar-refractivity contribution is 7.14. The minimum absolute atomic E-state index is 0.0574. The van der Waals surface area contributed by atoms with Crippen molar-refractivity contribution in [2.75, 3.05) is 0 Å². The highest BCUT2D eigenvalue weighted by atomic mass is 32.1. The summed E-state index contributed by atoms with van der Waals surface area (Å²) in [5.41, 5.74) is -0.0574. The Labute approximate surface area is 109 Å². The molecule has 0 spiro atoms. The van der Waals surface area contributed by atoms with Gasteiger partial charge in [0.1, 0.15) is 0 Å². The zero-order valence-electron chi connectivity index (χ0n) is 10.1. The molecule has 1 aromatic rings. The van der Waals surface area contributed by atoms with Crippen molar-refractivity contribution in [1.29, 1.82) is 0 Å². The molecule has 0 aromatic carbocycles. The zero-order chi connectivity index (χ0) is 13.2. The normalized spacial score (nSPS) is 17.4. The predicted octanol–water partition coefficient (Wildman–Crippen LogP) is 2.52. The third kappa shape index (κ3) is 2.98. The summed E-state index contributed by atoms with van der Waals surface area (Å²) in [7, 11) is 0. The van der Waals surface area contributed by atoms with Gasteiger partial charge in [-0.25, -0.2) is 4.79 Å². The van der Waals surface area contributed by atoms with Gasteiger partial charge in [-0.1, -0.05) is 0 Å². The van der Waals surface area contributed by atoms with Crippen molar-refractivity contribution in [3.8, 4) is 0 Å². The molecule has 1 saturated carbocycles. The number of rotatable bonds is 4. The number of hydrogen-bond acceptors (Lipinski definition) is 3. The molecule has 5 heteroatoms. The van der Waals surface area contributed by atoms with Crippen molar-refractivity contribution in [2.24, 2.45) is 0 Å². The van der Waals surface area contributed by atoms with E-state index in [2.05, 4.69) is 5.32 Å². The smallest absolute Gasteiger partial charge is 0.328 e. The van der Waals surface area contributed by atoms with Crippen molar-refractivity contribution < 1.29 is 14.7 Å². The minimum atomic E-state index is -0.989. The fraction of sp³-hybridized carbons (Fsp3) is 0.385. The summed E-state index contributed by atoms with van der Waals surface area (Å²) >= 11 is 1.30. The second kappa shape index (κ2) is 4.94. The summed E-state index contributed by atoms with van der Waals surface area (Å²) in [5.74, 6) is -1.06. The molecule has 96 valence electrons. The van der Waals surface area contributed by atoms with Gasteiger partial charge < -0.3 is 10.4 Å². The summed E-state index contributed by atoms with van der Waals surface area (Å²) in [6.07, 6.45) is 5.77. The lowest BCUT2D eigenvalue weighted by Gasteiger charge is -2.38. The van der Waals surface area contributed by atoms with E-state index in [0.717, 1.165) is 30.2 Å². The van der Waals surface area contributed by atoms with E-state index < -0.39 is 5.97 Å². The maximum atomic E-state index is 12.0. The molecule has 1 fully saturated rings. The van der Waals surface area contributed by atoms with Crippen LogP contribution in [0.15, 0.2) is 18.2 Å². The molecular weight excluding hydrogens is 250 g/mol. The van der Waals surface area contributed by atoms with Gasteiger partial charge in [-0.15, -0.1) is 11.3 Å². The van der Waals surface area contributed by atoms with Crippen LogP contribution < -0.4 is 5.32 Å². The average Bonchev–Trinajstić information content (AvgIpc) is 2.72. The predicted molar refractivity (Wildman–Crippen MR) is 70.7 cm³/mol. The number of carbonyl (C=O) groups excluding carboxylic acids is 1. The minimum Gasteiger partial charge on any atom is -0.478 e. The third-order valence-electron chi connectivity index (χ3n) is 3.11. The fourth-order valence-corrected chi connectivity index (χ4v) is 2.69. The van der Waals surface area contributed by atoms with Gasteiger partial charge in [-0.3, -0.25) is 4.79 Å². The number of thiophene rings is 1. The fourth-order valence-electron chi connectivity index (χ4n) is 1.89. The van der Waals surface area contributed by atoms with Crippen LogP contribution in [0.25, 0.3) is 6.08 Å². The number of carbonyl (C=O) groups is 2. The SMILES string of the molecule is CC1(NC(=O)c2ccc(/C=C/C(=O)O)s2)CCC1. The van der Waals surface area contributed by atoms with E-state index >= 15 is 0 Å². The second-order valence-corrected chi connectivity index (χ2v) is 5.86. The van der Waals surface area contributed by atoms with Crippen molar-refractivity contribution in [1.82, 2.24) is 5.32 Å². The number of carboxylic acid groups (broad SMARTS) is 1. The van der Waals surface area contributed by atoms with Crippen LogP contribution in [0.3, 0.4) is 0 Å². The summed E-state index contributed by atoms with van der Waals surface area (Å²) in [4.78, 5) is 23.7. The van der Waals surface area contributed by atoms with Crippen molar-refractivity contribution in [2.45, 2.75) is 31.7 Å². The van der Waals surface area contributed by atoms with Crippen molar-refractivity contribution >= 4 is 29.3 Å². The largest absolute Gasteiger partial charge is 0.478 e. The maximum absolute atomic E-state index is 12.0. The summed E-state index contributed by atoms with van der Waals surface area (Å²) in [6, 6.07) is 3.48. The molecule has 0 atom stereocenters. The topological polar surface area (TPSA) is 66.4 Å². The van der Waals surface area contributed by atoms with Gasteiger partial charge in [0.15, 0.2) is 0 Å². The van der Waals surface area contributed by atoms with E-state index in [9.17, 15) is 9.59 Å². The Kier molecular flexibility index (Phi) is 3.52.